The number of aromatic nitrogens is 4. The molecule has 1 aliphatic carbocycles. The van der Waals surface area contributed by atoms with E-state index in [0.29, 0.717) is 6.54 Å². The first-order chi connectivity index (χ1) is 17.3. The summed E-state index contributed by atoms with van der Waals surface area (Å²) in [7, 11) is 1.25. The van der Waals surface area contributed by atoms with Gasteiger partial charge in [-0.05, 0) is 52.9 Å². The Bertz CT molecular complexity index is 998. The summed E-state index contributed by atoms with van der Waals surface area (Å²) in [6.45, 7) is 4.77. The summed E-state index contributed by atoms with van der Waals surface area (Å²) in [5.41, 5.74) is 2.30. The Morgan fingerprint density at radius 1 is 0.941 bits per heavy atom. The standard InChI is InChI=1S/C26H33FN6.CH4/c27-23-13-11-22(12-14-23)25(32-19-17-31(18-20-32)24-9-5-2-6-10-24)26-28-29-30-33(26)16-15-21-7-3-1-4-8-21;/h1,3-4,7-8,11-14,24-25H,2,5-6,9-10,15-20H2;1H4/i;1D. The van der Waals surface area contributed by atoms with E-state index in [-0.39, 0.29) is 11.9 Å². The lowest BCUT2D eigenvalue weighted by Gasteiger charge is -2.43. The molecule has 0 N–H and O–H groups in total. The molecule has 5 rings (SSSR count). The molecule has 182 valence electrons. The maximum Gasteiger partial charge on any atom is 0.173 e. The van der Waals surface area contributed by atoms with Crippen LogP contribution in [-0.4, -0.2) is 62.2 Å². The molecule has 2 heterocycles. The molecule has 2 fully saturated rings. The Hall–Kier alpha value is -2.64. The van der Waals surface area contributed by atoms with Crippen LogP contribution in [0.25, 0.3) is 0 Å². The lowest BCUT2D eigenvalue weighted by atomic mass is 9.93. The van der Waals surface area contributed by atoms with E-state index in [9.17, 15) is 4.39 Å². The third-order valence-corrected chi connectivity index (χ3v) is 7.25. The van der Waals surface area contributed by atoms with Crippen molar-refractivity contribution < 1.29 is 5.76 Å². The molecule has 1 aromatic heterocycles. The van der Waals surface area contributed by atoms with Crippen LogP contribution in [0, 0.1) is 5.82 Å². The van der Waals surface area contributed by atoms with Gasteiger partial charge in [0.05, 0.1) is 6.04 Å². The molecule has 0 spiro atoms. The number of piperazine rings is 1. The van der Waals surface area contributed by atoms with Crippen LogP contribution in [0.2, 0.25) is 0 Å². The lowest BCUT2D eigenvalue weighted by Crippen LogP contribution is -2.52. The van der Waals surface area contributed by atoms with Gasteiger partial charge in [-0.1, -0.05) is 69.1 Å². The molecule has 1 unspecified atom stereocenters. The van der Waals surface area contributed by atoms with E-state index in [2.05, 4.69) is 49.6 Å². The molecule has 0 bridgehead atoms. The quantitative estimate of drug-likeness (QED) is 0.505. The molecule has 0 radical (unpaired) electrons. The zero-order chi connectivity index (χ0) is 24.5. The fourth-order valence-corrected chi connectivity index (χ4v) is 5.42. The second kappa shape index (κ2) is 11.7. The van der Waals surface area contributed by atoms with Crippen molar-refractivity contribution in [2.45, 2.75) is 64.6 Å². The average Bonchev–Trinajstić information content (AvgIpc) is 3.39. The number of rotatable bonds is 7. The molecule has 3 aromatic rings. The first-order valence-electron chi connectivity index (χ1n) is 13.3. The molecular formula is C27H37FN6. The van der Waals surface area contributed by atoms with Crippen LogP contribution in [0.4, 0.5) is 4.39 Å². The van der Waals surface area contributed by atoms with Crippen molar-refractivity contribution in [2.24, 2.45) is 0 Å². The van der Waals surface area contributed by atoms with Crippen molar-refractivity contribution in [1.29, 1.82) is 0 Å². The minimum atomic E-state index is -0.219. The van der Waals surface area contributed by atoms with Crippen LogP contribution < -0.4 is 0 Å². The molecule has 1 aliphatic heterocycles. The van der Waals surface area contributed by atoms with E-state index in [1.54, 1.807) is 12.1 Å². The number of nitrogens with zero attached hydrogens (tertiary/aromatic N) is 6. The van der Waals surface area contributed by atoms with Crippen molar-refractivity contribution in [3.63, 3.8) is 0 Å². The normalized spacial score (nSPS) is 19.2. The monoisotopic (exact) mass is 465 g/mol. The van der Waals surface area contributed by atoms with E-state index < -0.39 is 0 Å². The fourth-order valence-electron chi connectivity index (χ4n) is 5.42. The highest BCUT2D eigenvalue weighted by Gasteiger charge is 2.32. The van der Waals surface area contributed by atoms with Gasteiger partial charge in [-0.3, -0.25) is 9.80 Å². The van der Waals surface area contributed by atoms with Crippen LogP contribution in [-0.2, 0) is 13.0 Å². The SMILES string of the molecule is Fc1ccc(C(c2nnnn2CCc2ccccc2)N2CCN(C3CCCCC3)CC2)cc1.[2H]C. The Kier molecular flexibility index (Phi) is 7.93. The lowest BCUT2D eigenvalue weighted by molar-refractivity contribution is 0.0619. The van der Waals surface area contributed by atoms with Gasteiger partial charge in [0, 0.05) is 40.1 Å². The number of hydrogen-bond acceptors (Lipinski definition) is 5. The summed E-state index contributed by atoms with van der Waals surface area (Å²) in [6.07, 6.45) is 7.63. The van der Waals surface area contributed by atoms with Gasteiger partial charge in [-0.15, -0.1) is 5.10 Å². The van der Waals surface area contributed by atoms with Gasteiger partial charge in [-0.25, -0.2) is 9.07 Å². The third-order valence-electron chi connectivity index (χ3n) is 7.25. The predicted molar refractivity (Wildman–Crippen MR) is 133 cm³/mol. The molecule has 2 aliphatic rings. The van der Waals surface area contributed by atoms with E-state index in [1.807, 2.05) is 22.9 Å². The highest BCUT2D eigenvalue weighted by molar-refractivity contribution is 5.26. The minimum Gasteiger partial charge on any atom is -0.298 e. The van der Waals surface area contributed by atoms with Gasteiger partial charge in [-0.2, -0.15) is 0 Å². The number of tetrazole rings is 1. The number of aryl methyl sites for hydroxylation is 2. The smallest absolute Gasteiger partial charge is 0.173 e. The van der Waals surface area contributed by atoms with Crippen LogP contribution in [0.3, 0.4) is 0 Å². The van der Waals surface area contributed by atoms with Crippen molar-refractivity contribution >= 4 is 0 Å². The van der Waals surface area contributed by atoms with Crippen molar-refractivity contribution in [3.05, 3.63) is 77.4 Å². The molecule has 1 saturated heterocycles. The number of hydrogen-bond donors (Lipinski definition) is 0. The Morgan fingerprint density at radius 2 is 1.65 bits per heavy atom. The van der Waals surface area contributed by atoms with Crippen LogP contribution in [0.15, 0.2) is 54.6 Å². The molecule has 0 amide bonds. The first-order valence-corrected chi connectivity index (χ1v) is 12.3. The average molecular weight is 466 g/mol. The third kappa shape index (κ3) is 5.70. The molecule has 1 atom stereocenters. The van der Waals surface area contributed by atoms with Gasteiger partial charge < -0.3 is 0 Å². The van der Waals surface area contributed by atoms with Gasteiger partial charge in [0.2, 0.25) is 0 Å². The van der Waals surface area contributed by atoms with Crippen LogP contribution in [0.5, 0.6) is 0 Å². The second-order valence-corrected chi connectivity index (χ2v) is 9.31. The minimum absolute atomic E-state index is 0.0788. The summed E-state index contributed by atoms with van der Waals surface area (Å²) in [5.74, 6) is 0.618. The summed E-state index contributed by atoms with van der Waals surface area (Å²) >= 11 is 0. The fraction of sp³-hybridized carbons (Fsp3) is 0.519. The van der Waals surface area contributed by atoms with Crippen LogP contribution >= 0.6 is 0 Å². The molecule has 7 heteroatoms. The maximum absolute atomic E-state index is 13.7. The highest BCUT2D eigenvalue weighted by Crippen LogP contribution is 2.30. The van der Waals surface area contributed by atoms with Crippen molar-refractivity contribution in [1.82, 2.24) is 30.0 Å². The Morgan fingerprint density at radius 3 is 2.35 bits per heavy atom. The van der Waals surface area contributed by atoms with E-state index in [4.69, 9.17) is 1.37 Å². The summed E-state index contributed by atoms with van der Waals surface area (Å²) in [5, 5.41) is 12.8. The van der Waals surface area contributed by atoms with E-state index >= 15 is 0 Å². The number of halogens is 1. The zero-order valence-corrected chi connectivity index (χ0v) is 20.2. The molecule has 34 heavy (non-hydrogen) atoms. The van der Waals surface area contributed by atoms with Crippen LogP contribution in [0.1, 0.15) is 63.9 Å². The largest absolute Gasteiger partial charge is 0.298 e. The maximum atomic E-state index is 13.7. The Labute approximate surface area is 204 Å². The predicted octanol–water partition coefficient (Wildman–Crippen LogP) is 4.73. The summed E-state index contributed by atoms with van der Waals surface area (Å²) < 4.78 is 21.4. The van der Waals surface area contributed by atoms with E-state index in [0.717, 1.165) is 50.0 Å². The van der Waals surface area contributed by atoms with Gasteiger partial charge >= 0.3 is 0 Å². The second-order valence-electron chi connectivity index (χ2n) is 9.31. The van der Waals surface area contributed by atoms with Gasteiger partial charge in [0.15, 0.2) is 5.82 Å². The first kappa shape index (κ1) is 23.1. The molecule has 1 saturated carbocycles. The molecule has 6 nitrogen and oxygen atoms in total. The topological polar surface area (TPSA) is 50.1 Å². The van der Waals surface area contributed by atoms with E-state index in [1.165, 1.54) is 45.1 Å². The highest BCUT2D eigenvalue weighted by atomic mass is 19.1. The molecular weight excluding hydrogens is 427 g/mol. The van der Waals surface area contributed by atoms with Crippen molar-refractivity contribution in [2.75, 3.05) is 26.2 Å². The van der Waals surface area contributed by atoms with Gasteiger partial charge in [0.25, 0.3) is 0 Å². The summed E-state index contributed by atoms with van der Waals surface area (Å²) in [4.78, 5) is 5.15. The van der Waals surface area contributed by atoms with Crippen molar-refractivity contribution in [3.8, 4) is 0 Å². The number of benzene rings is 2. The zero-order valence-electron chi connectivity index (χ0n) is 21.2. The summed E-state index contributed by atoms with van der Waals surface area (Å²) in [6, 6.07) is 17.9. The Balaban J connectivity index is 0.00000141. The molecule has 2 aromatic carbocycles. The van der Waals surface area contributed by atoms with Gasteiger partial charge in [0.1, 0.15) is 5.82 Å².